The van der Waals surface area contributed by atoms with Gasteiger partial charge in [-0.2, -0.15) is 0 Å². The van der Waals surface area contributed by atoms with Gasteiger partial charge in [0.05, 0.1) is 0 Å². The Hall–Kier alpha value is -3.93. The minimum absolute atomic E-state index is 0.0861. The summed E-state index contributed by atoms with van der Waals surface area (Å²) in [6.45, 7) is 6.48. The van der Waals surface area contributed by atoms with Gasteiger partial charge < -0.3 is 14.2 Å². The number of allylic oxidation sites excluding steroid dienone is 18. The summed E-state index contributed by atoms with van der Waals surface area (Å²) in [5.41, 5.74) is 0. The van der Waals surface area contributed by atoms with E-state index in [9.17, 15) is 14.4 Å². The topological polar surface area (TPSA) is 78.9 Å². The smallest absolute Gasteiger partial charge is 0.306 e. The number of carbonyl (C=O) groups is 3. The zero-order valence-electron chi connectivity index (χ0n) is 46.2. The molecule has 1 unspecified atom stereocenters. The molecule has 0 aromatic carbocycles. The molecule has 71 heavy (non-hydrogen) atoms. The number of hydrogen-bond donors (Lipinski definition) is 0. The number of esters is 3. The van der Waals surface area contributed by atoms with Crippen LogP contribution in [0.3, 0.4) is 0 Å². The van der Waals surface area contributed by atoms with E-state index in [1.807, 2.05) is 0 Å². The van der Waals surface area contributed by atoms with E-state index in [1.54, 1.807) is 0 Å². The van der Waals surface area contributed by atoms with Crippen molar-refractivity contribution in [2.45, 2.75) is 271 Å². The van der Waals surface area contributed by atoms with Crippen molar-refractivity contribution in [3.63, 3.8) is 0 Å². The molecule has 0 fully saturated rings. The Morgan fingerprint density at radius 2 is 0.549 bits per heavy atom. The summed E-state index contributed by atoms with van der Waals surface area (Å²) in [5.74, 6) is -0.921. The van der Waals surface area contributed by atoms with Gasteiger partial charge in [-0.15, -0.1) is 0 Å². The van der Waals surface area contributed by atoms with Crippen molar-refractivity contribution in [2.24, 2.45) is 0 Å². The number of unbranched alkanes of at least 4 members (excludes halogenated alkanes) is 23. The van der Waals surface area contributed by atoms with E-state index in [4.69, 9.17) is 14.2 Å². The van der Waals surface area contributed by atoms with Crippen molar-refractivity contribution in [3.8, 4) is 0 Å². The molecule has 404 valence electrons. The van der Waals surface area contributed by atoms with Crippen molar-refractivity contribution in [1.82, 2.24) is 0 Å². The van der Waals surface area contributed by atoms with Gasteiger partial charge >= 0.3 is 17.9 Å². The number of hydrogen-bond acceptors (Lipinski definition) is 6. The standard InChI is InChI=1S/C65H108O6/c1-4-7-10-13-16-19-21-23-24-25-26-27-28-29-30-31-32-33-34-35-36-37-38-39-40-42-43-46-49-52-55-58-64(67)70-61-62(60-69-63(66)57-54-51-48-45-18-15-12-9-6-3)71-65(68)59-56-53-50-47-44-41-22-20-17-14-11-8-5-2/h7,10,16,19,23-24,26-27,29-30,32-33,35-36,38-39,42-43,62H,4-6,8-9,11-15,17-18,20-22,25,28,31,34,37,40-41,44-61H2,1-3H3/b10-7-,19-16-,24-23-,27-26-,30-29-,33-32-,36-35-,39-38-,43-42-. The van der Waals surface area contributed by atoms with Gasteiger partial charge in [0.2, 0.25) is 0 Å². The number of rotatable bonds is 52. The summed E-state index contributed by atoms with van der Waals surface area (Å²) in [6, 6.07) is 0. The highest BCUT2D eigenvalue weighted by atomic mass is 16.6. The van der Waals surface area contributed by atoms with Crippen LogP contribution in [0, 0.1) is 0 Å². The Balaban J connectivity index is 4.27. The van der Waals surface area contributed by atoms with E-state index < -0.39 is 6.10 Å². The predicted octanol–water partition coefficient (Wildman–Crippen LogP) is 19.9. The minimum atomic E-state index is -0.788. The number of ether oxygens (including phenoxy) is 3. The lowest BCUT2D eigenvalue weighted by molar-refractivity contribution is -0.167. The highest BCUT2D eigenvalue weighted by molar-refractivity contribution is 5.71. The van der Waals surface area contributed by atoms with Crippen molar-refractivity contribution < 1.29 is 28.6 Å². The van der Waals surface area contributed by atoms with E-state index in [-0.39, 0.29) is 31.1 Å². The second-order valence-electron chi connectivity index (χ2n) is 19.2. The third-order valence-electron chi connectivity index (χ3n) is 12.3. The fourth-order valence-electron chi connectivity index (χ4n) is 7.91. The van der Waals surface area contributed by atoms with Gasteiger partial charge in [-0.05, 0) is 89.9 Å². The van der Waals surface area contributed by atoms with Crippen molar-refractivity contribution in [2.75, 3.05) is 13.2 Å². The van der Waals surface area contributed by atoms with Crippen LogP contribution in [-0.2, 0) is 28.6 Å². The lowest BCUT2D eigenvalue weighted by atomic mass is 10.0. The van der Waals surface area contributed by atoms with Crippen LogP contribution in [0.1, 0.15) is 265 Å². The monoisotopic (exact) mass is 985 g/mol. The van der Waals surface area contributed by atoms with Crippen LogP contribution < -0.4 is 0 Å². The first kappa shape index (κ1) is 67.1. The zero-order valence-corrected chi connectivity index (χ0v) is 46.2. The molecule has 0 radical (unpaired) electrons. The van der Waals surface area contributed by atoms with Crippen LogP contribution in [0.15, 0.2) is 109 Å². The van der Waals surface area contributed by atoms with Crippen LogP contribution in [-0.4, -0.2) is 37.2 Å². The Labute approximate surface area is 438 Å². The molecule has 0 aliphatic rings. The molecule has 0 N–H and O–H groups in total. The maximum atomic E-state index is 12.8. The predicted molar refractivity (Wildman–Crippen MR) is 307 cm³/mol. The van der Waals surface area contributed by atoms with Crippen molar-refractivity contribution in [3.05, 3.63) is 109 Å². The Morgan fingerprint density at radius 1 is 0.296 bits per heavy atom. The molecule has 0 heterocycles. The highest BCUT2D eigenvalue weighted by Gasteiger charge is 2.19. The summed E-state index contributed by atoms with van der Waals surface area (Å²) < 4.78 is 16.8. The summed E-state index contributed by atoms with van der Waals surface area (Å²) in [5, 5.41) is 0. The minimum Gasteiger partial charge on any atom is -0.462 e. The molecule has 0 aliphatic carbocycles. The lowest BCUT2D eigenvalue weighted by Crippen LogP contribution is -2.30. The second kappa shape index (κ2) is 58.6. The molecule has 0 rings (SSSR count). The van der Waals surface area contributed by atoms with Crippen LogP contribution in [0.2, 0.25) is 0 Å². The zero-order chi connectivity index (χ0) is 51.4. The first-order valence-corrected chi connectivity index (χ1v) is 29.4. The summed E-state index contributed by atoms with van der Waals surface area (Å²) in [6.07, 6.45) is 79.5. The van der Waals surface area contributed by atoms with E-state index in [1.165, 1.54) is 103 Å². The Bertz CT molecular complexity index is 1460. The SMILES string of the molecule is CC/C=C\C/C=C\C/C=C\C/C=C\C/C=C\C/C=C\C/C=C\C/C=C\C/C=C\CCCCCC(=O)OCC(COC(=O)CCCCCCCCCCC)OC(=O)CCCCCCCCCCCCCCC. The van der Waals surface area contributed by atoms with Gasteiger partial charge in [0.15, 0.2) is 6.10 Å². The fourth-order valence-corrected chi connectivity index (χ4v) is 7.91. The van der Waals surface area contributed by atoms with Crippen LogP contribution >= 0.6 is 0 Å². The molecule has 0 bridgehead atoms. The van der Waals surface area contributed by atoms with Crippen molar-refractivity contribution in [1.29, 1.82) is 0 Å². The fraction of sp³-hybridized carbons (Fsp3) is 0.677. The third-order valence-corrected chi connectivity index (χ3v) is 12.3. The summed E-state index contributed by atoms with van der Waals surface area (Å²) in [4.78, 5) is 38.0. The summed E-state index contributed by atoms with van der Waals surface area (Å²) >= 11 is 0. The molecule has 0 aromatic rings. The maximum absolute atomic E-state index is 12.8. The second-order valence-corrected chi connectivity index (χ2v) is 19.2. The molecule has 1 atom stereocenters. The molecular formula is C65H108O6. The van der Waals surface area contributed by atoms with Gasteiger partial charge in [0, 0.05) is 19.3 Å². The third kappa shape index (κ3) is 56.9. The average molecular weight is 986 g/mol. The van der Waals surface area contributed by atoms with Crippen LogP contribution in [0.4, 0.5) is 0 Å². The molecule has 0 aliphatic heterocycles. The molecule has 0 spiro atoms. The van der Waals surface area contributed by atoms with Crippen LogP contribution in [0.5, 0.6) is 0 Å². The van der Waals surface area contributed by atoms with E-state index in [0.29, 0.717) is 19.3 Å². The normalized spacial score (nSPS) is 12.9. The molecule has 6 nitrogen and oxygen atoms in total. The first-order valence-electron chi connectivity index (χ1n) is 29.4. The van der Waals surface area contributed by atoms with E-state index >= 15 is 0 Å². The highest BCUT2D eigenvalue weighted by Crippen LogP contribution is 2.15. The van der Waals surface area contributed by atoms with Gasteiger partial charge in [-0.1, -0.05) is 265 Å². The van der Waals surface area contributed by atoms with Crippen molar-refractivity contribution >= 4 is 17.9 Å². The van der Waals surface area contributed by atoms with Gasteiger partial charge in [-0.3, -0.25) is 14.4 Å². The average Bonchev–Trinajstić information content (AvgIpc) is 3.37. The first-order chi connectivity index (χ1) is 35.0. The molecule has 0 amide bonds. The number of carbonyl (C=O) groups excluding carboxylic acids is 3. The molecule has 6 heteroatoms. The molecule has 0 aromatic heterocycles. The van der Waals surface area contributed by atoms with Gasteiger partial charge in [-0.25, -0.2) is 0 Å². The lowest BCUT2D eigenvalue weighted by Gasteiger charge is -2.18. The van der Waals surface area contributed by atoms with Gasteiger partial charge in [0.1, 0.15) is 13.2 Å². The molecule has 0 saturated carbocycles. The van der Waals surface area contributed by atoms with E-state index in [2.05, 4.69) is 130 Å². The Kier molecular flexibility index (Phi) is 55.4. The largest absolute Gasteiger partial charge is 0.462 e. The summed E-state index contributed by atoms with van der Waals surface area (Å²) in [7, 11) is 0. The van der Waals surface area contributed by atoms with E-state index in [0.717, 1.165) is 122 Å². The molecular weight excluding hydrogens is 877 g/mol. The van der Waals surface area contributed by atoms with Gasteiger partial charge in [0.25, 0.3) is 0 Å². The maximum Gasteiger partial charge on any atom is 0.306 e. The van der Waals surface area contributed by atoms with Crippen LogP contribution in [0.25, 0.3) is 0 Å². The molecule has 0 saturated heterocycles. The Morgan fingerprint density at radius 3 is 0.859 bits per heavy atom. The quantitative estimate of drug-likeness (QED) is 0.0261.